The van der Waals surface area contributed by atoms with E-state index in [9.17, 15) is 4.79 Å². The van der Waals surface area contributed by atoms with E-state index < -0.39 is 0 Å². The summed E-state index contributed by atoms with van der Waals surface area (Å²) in [4.78, 5) is 11.2. The van der Waals surface area contributed by atoms with E-state index in [2.05, 4.69) is 16.1 Å². The molecule has 0 spiro atoms. The monoisotopic (exact) mass is 218 g/mol. The maximum atomic E-state index is 11.2. The van der Waals surface area contributed by atoms with Crippen LogP contribution in [0.4, 0.5) is 0 Å². The van der Waals surface area contributed by atoms with E-state index in [-0.39, 0.29) is 11.9 Å². The van der Waals surface area contributed by atoms with Gasteiger partial charge in [-0.25, -0.2) is 5.84 Å². The second-order valence-electron chi connectivity index (χ2n) is 3.03. The second-order valence-corrected chi connectivity index (χ2v) is 3.44. The Kier molecular flexibility index (Phi) is 7.04. The third kappa shape index (κ3) is 6.62. The molecule has 0 aliphatic rings. The molecule has 0 aromatic rings. The molecule has 0 aromatic heterocycles. The summed E-state index contributed by atoms with van der Waals surface area (Å²) in [6, 6.07) is 0.224. The molecule has 0 fully saturated rings. The number of amides is 1. The van der Waals surface area contributed by atoms with Crippen LogP contribution in [-0.4, -0.2) is 23.6 Å². The first-order chi connectivity index (χ1) is 6.60. The lowest BCUT2D eigenvalue weighted by atomic mass is 10.2. The van der Waals surface area contributed by atoms with E-state index in [4.69, 9.17) is 18.1 Å². The summed E-state index contributed by atoms with van der Waals surface area (Å²) in [5.74, 6) is 5.06. The Bertz CT molecular complexity index is 198. The van der Waals surface area contributed by atoms with Crippen LogP contribution in [0.1, 0.15) is 26.7 Å². The Balaban J connectivity index is 3.49. The van der Waals surface area contributed by atoms with E-state index in [0.29, 0.717) is 18.1 Å². The molecule has 6 heteroatoms. The van der Waals surface area contributed by atoms with Crippen LogP contribution in [0.3, 0.4) is 0 Å². The summed E-state index contributed by atoms with van der Waals surface area (Å²) in [7, 11) is 0. The van der Waals surface area contributed by atoms with Crippen LogP contribution in [0.5, 0.6) is 0 Å². The highest BCUT2D eigenvalue weighted by Gasteiger charge is 2.04. The molecule has 0 saturated heterocycles. The minimum absolute atomic E-state index is 0.0201. The predicted octanol–water partition coefficient (Wildman–Crippen LogP) is -0.371. The van der Waals surface area contributed by atoms with E-state index in [1.54, 1.807) is 0 Å². The third-order valence-corrected chi connectivity index (χ3v) is 2.05. The smallest absolute Gasteiger partial charge is 0.221 e. The molecule has 5 N–H and O–H groups in total. The van der Waals surface area contributed by atoms with Crippen LogP contribution in [0, 0.1) is 0 Å². The molecule has 1 atom stereocenters. The van der Waals surface area contributed by atoms with Gasteiger partial charge >= 0.3 is 0 Å². The van der Waals surface area contributed by atoms with Crippen molar-refractivity contribution in [1.29, 1.82) is 0 Å². The molecule has 0 heterocycles. The lowest BCUT2D eigenvalue weighted by Crippen LogP contribution is -2.41. The van der Waals surface area contributed by atoms with Crippen molar-refractivity contribution in [2.45, 2.75) is 32.7 Å². The number of nitrogens with one attached hydrogen (secondary N) is 3. The van der Waals surface area contributed by atoms with Gasteiger partial charge in [-0.3, -0.25) is 4.79 Å². The molecular weight excluding hydrogens is 200 g/mol. The summed E-state index contributed by atoms with van der Waals surface area (Å²) < 4.78 is 0. The number of hydrogen-bond donors (Lipinski definition) is 4. The van der Waals surface area contributed by atoms with Gasteiger partial charge in [0, 0.05) is 19.0 Å². The highest BCUT2D eigenvalue weighted by atomic mass is 32.1. The van der Waals surface area contributed by atoms with Gasteiger partial charge in [0.2, 0.25) is 5.91 Å². The minimum atomic E-state index is 0.0201. The zero-order valence-corrected chi connectivity index (χ0v) is 9.41. The highest BCUT2D eigenvalue weighted by Crippen LogP contribution is 1.88. The highest BCUT2D eigenvalue weighted by molar-refractivity contribution is 7.80. The van der Waals surface area contributed by atoms with Crippen molar-refractivity contribution < 1.29 is 4.79 Å². The van der Waals surface area contributed by atoms with Crippen molar-refractivity contribution >= 4 is 23.2 Å². The average molecular weight is 218 g/mol. The molecule has 0 saturated carbocycles. The zero-order valence-electron chi connectivity index (χ0n) is 8.59. The van der Waals surface area contributed by atoms with Crippen molar-refractivity contribution in [3.8, 4) is 0 Å². The maximum Gasteiger partial charge on any atom is 0.221 e. The van der Waals surface area contributed by atoms with Gasteiger partial charge in [-0.2, -0.15) is 0 Å². The SMILES string of the molecule is CCC(C)NC(=O)CCNC(=S)NN. The Hall–Kier alpha value is -0.880. The van der Waals surface area contributed by atoms with Gasteiger partial charge in [-0.05, 0) is 25.6 Å². The molecule has 0 aromatic carbocycles. The van der Waals surface area contributed by atoms with Crippen molar-refractivity contribution in [1.82, 2.24) is 16.1 Å². The van der Waals surface area contributed by atoms with Crippen molar-refractivity contribution in [2.24, 2.45) is 5.84 Å². The predicted molar refractivity (Wildman–Crippen MR) is 60.4 cm³/mol. The largest absolute Gasteiger partial charge is 0.361 e. The van der Waals surface area contributed by atoms with Gasteiger partial charge < -0.3 is 16.1 Å². The Labute approximate surface area is 89.8 Å². The summed E-state index contributed by atoms with van der Waals surface area (Å²) in [5, 5.41) is 5.98. The lowest BCUT2D eigenvalue weighted by Gasteiger charge is -2.11. The molecule has 0 bridgehead atoms. The summed E-state index contributed by atoms with van der Waals surface area (Å²) >= 11 is 4.74. The minimum Gasteiger partial charge on any atom is -0.361 e. The number of thiocarbonyl (C=S) groups is 1. The van der Waals surface area contributed by atoms with Gasteiger partial charge in [0.05, 0.1) is 0 Å². The van der Waals surface area contributed by atoms with Crippen LogP contribution >= 0.6 is 12.2 Å². The Morgan fingerprint density at radius 1 is 1.57 bits per heavy atom. The molecule has 1 amide bonds. The summed E-state index contributed by atoms with van der Waals surface area (Å²) in [5.41, 5.74) is 2.28. The van der Waals surface area contributed by atoms with Crippen molar-refractivity contribution in [3.63, 3.8) is 0 Å². The maximum absolute atomic E-state index is 11.2. The van der Waals surface area contributed by atoms with Gasteiger partial charge in [0.1, 0.15) is 0 Å². The van der Waals surface area contributed by atoms with Crippen LogP contribution in [-0.2, 0) is 4.79 Å². The van der Waals surface area contributed by atoms with Gasteiger partial charge in [0.25, 0.3) is 0 Å². The van der Waals surface area contributed by atoms with E-state index in [1.807, 2.05) is 13.8 Å². The molecule has 14 heavy (non-hydrogen) atoms. The van der Waals surface area contributed by atoms with E-state index in [1.165, 1.54) is 0 Å². The average Bonchev–Trinajstić information content (AvgIpc) is 2.17. The second kappa shape index (κ2) is 7.52. The molecule has 0 rings (SSSR count). The first kappa shape index (κ1) is 13.1. The molecule has 5 nitrogen and oxygen atoms in total. The number of nitrogens with two attached hydrogens (primary N) is 1. The standard InChI is InChI=1S/C8H18N4OS/c1-3-6(2)11-7(13)4-5-10-8(14)12-9/h6H,3-5,9H2,1-2H3,(H,11,13)(H2,10,12,14). The van der Waals surface area contributed by atoms with E-state index in [0.717, 1.165) is 6.42 Å². The van der Waals surface area contributed by atoms with Gasteiger partial charge in [-0.1, -0.05) is 6.92 Å². The number of carbonyl (C=O) groups is 1. The third-order valence-electron chi connectivity index (χ3n) is 1.79. The fraction of sp³-hybridized carbons (Fsp3) is 0.750. The van der Waals surface area contributed by atoms with Gasteiger partial charge in [-0.15, -0.1) is 0 Å². The quantitative estimate of drug-likeness (QED) is 0.288. The van der Waals surface area contributed by atoms with Crippen LogP contribution in [0.2, 0.25) is 0 Å². The Morgan fingerprint density at radius 3 is 2.71 bits per heavy atom. The van der Waals surface area contributed by atoms with Crippen LogP contribution < -0.4 is 21.9 Å². The van der Waals surface area contributed by atoms with E-state index >= 15 is 0 Å². The van der Waals surface area contributed by atoms with Crippen molar-refractivity contribution in [3.05, 3.63) is 0 Å². The molecule has 1 unspecified atom stereocenters. The number of rotatable bonds is 5. The van der Waals surface area contributed by atoms with Crippen LogP contribution in [0.25, 0.3) is 0 Å². The van der Waals surface area contributed by atoms with Crippen LogP contribution in [0.15, 0.2) is 0 Å². The summed E-state index contributed by atoms with van der Waals surface area (Å²) in [6.07, 6.45) is 1.33. The zero-order chi connectivity index (χ0) is 11.0. The topological polar surface area (TPSA) is 79.2 Å². The first-order valence-corrected chi connectivity index (χ1v) is 5.04. The number of hydrazine groups is 1. The fourth-order valence-electron chi connectivity index (χ4n) is 0.790. The molecule has 0 radical (unpaired) electrons. The molecule has 0 aliphatic heterocycles. The normalized spacial score (nSPS) is 11.6. The van der Waals surface area contributed by atoms with Crippen molar-refractivity contribution in [2.75, 3.05) is 6.54 Å². The van der Waals surface area contributed by atoms with Gasteiger partial charge in [0.15, 0.2) is 5.11 Å². The first-order valence-electron chi connectivity index (χ1n) is 4.64. The Morgan fingerprint density at radius 2 is 2.21 bits per heavy atom. The molecule has 82 valence electrons. The molecule has 0 aliphatic carbocycles. The summed E-state index contributed by atoms with van der Waals surface area (Å²) in [6.45, 7) is 4.49. The molecular formula is C8H18N4OS. The lowest BCUT2D eigenvalue weighted by molar-refractivity contribution is -0.121. The fourth-order valence-corrected chi connectivity index (χ4v) is 0.892. The number of carbonyl (C=O) groups excluding carboxylic acids is 1. The number of hydrogen-bond acceptors (Lipinski definition) is 3.